The second-order valence-corrected chi connectivity index (χ2v) is 5.33. The van der Waals surface area contributed by atoms with Crippen LogP contribution in [-0.2, 0) is 4.79 Å². The van der Waals surface area contributed by atoms with Gasteiger partial charge in [0.2, 0.25) is 0 Å². The van der Waals surface area contributed by atoms with E-state index in [-0.39, 0.29) is 11.2 Å². The maximum absolute atomic E-state index is 11.3. The first-order valence-electron chi connectivity index (χ1n) is 6.11. The fourth-order valence-electron chi connectivity index (χ4n) is 1.98. The molecule has 0 aromatic carbocycles. The van der Waals surface area contributed by atoms with E-state index < -0.39 is 0 Å². The van der Waals surface area contributed by atoms with Crippen LogP contribution in [0.3, 0.4) is 0 Å². The summed E-state index contributed by atoms with van der Waals surface area (Å²) in [6.45, 7) is 14.1. The predicted molar refractivity (Wildman–Crippen MR) is 71.5 cm³/mol. The molecule has 1 atom stereocenters. The Morgan fingerprint density at radius 3 is 2.25 bits per heavy atom. The lowest BCUT2D eigenvalue weighted by molar-refractivity contribution is -0.118. The van der Waals surface area contributed by atoms with E-state index in [1.807, 2.05) is 6.92 Å². The molecule has 1 heteroatoms. The van der Waals surface area contributed by atoms with Crippen LogP contribution in [0.1, 0.15) is 60.3 Å². The average molecular weight is 222 g/mol. The van der Waals surface area contributed by atoms with Gasteiger partial charge in [0.1, 0.15) is 5.78 Å². The molecule has 0 rings (SSSR count). The first-order chi connectivity index (χ1) is 7.29. The van der Waals surface area contributed by atoms with E-state index in [0.717, 1.165) is 19.3 Å². The highest BCUT2D eigenvalue weighted by molar-refractivity contribution is 5.76. The largest absolute Gasteiger partial charge is 0.300 e. The molecular formula is C15H26O. The van der Waals surface area contributed by atoms with Crippen LogP contribution in [0.15, 0.2) is 23.8 Å². The van der Waals surface area contributed by atoms with Crippen molar-refractivity contribution in [3.8, 4) is 0 Å². The van der Waals surface area contributed by atoms with Crippen molar-refractivity contribution in [2.45, 2.75) is 60.3 Å². The van der Waals surface area contributed by atoms with Crippen LogP contribution in [0.2, 0.25) is 0 Å². The molecule has 16 heavy (non-hydrogen) atoms. The zero-order chi connectivity index (χ0) is 12.8. The molecule has 0 amide bonds. The van der Waals surface area contributed by atoms with Gasteiger partial charge < -0.3 is 0 Å². The molecular weight excluding hydrogens is 196 g/mol. The van der Waals surface area contributed by atoms with E-state index in [1.165, 1.54) is 11.1 Å². The molecule has 0 saturated carbocycles. The molecule has 0 aromatic rings. The van der Waals surface area contributed by atoms with Crippen LogP contribution < -0.4 is 0 Å². The van der Waals surface area contributed by atoms with E-state index in [2.05, 4.69) is 33.4 Å². The monoisotopic (exact) mass is 222 g/mol. The maximum atomic E-state index is 11.3. The van der Waals surface area contributed by atoms with Crippen LogP contribution in [0.5, 0.6) is 0 Å². The summed E-state index contributed by atoms with van der Waals surface area (Å²) >= 11 is 0. The van der Waals surface area contributed by atoms with E-state index >= 15 is 0 Å². The van der Waals surface area contributed by atoms with Crippen LogP contribution in [0, 0.1) is 5.41 Å². The molecule has 1 unspecified atom stereocenters. The Kier molecular flexibility index (Phi) is 6.32. The SMILES string of the molecule is C=C(C)CCC(C)(C=C(C)CC)CC(C)=O. The van der Waals surface area contributed by atoms with Gasteiger partial charge in [0.25, 0.3) is 0 Å². The second kappa shape index (κ2) is 6.67. The molecule has 0 bridgehead atoms. The summed E-state index contributed by atoms with van der Waals surface area (Å²) in [6.07, 6.45) is 5.98. The lowest BCUT2D eigenvalue weighted by Crippen LogP contribution is -2.18. The minimum Gasteiger partial charge on any atom is -0.300 e. The maximum Gasteiger partial charge on any atom is 0.130 e. The van der Waals surface area contributed by atoms with Crippen molar-refractivity contribution in [2.75, 3.05) is 0 Å². The number of allylic oxidation sites excluding steroid dienone is 3. The van der Waals surface area contributed by atoms with Gasteiger partial charge in [-0.25, -0.2) is 0 Å². The number of hydrogen-bond acceptors (Lipinski definition) is 1. The molecule has 0 fully saturated rings. The third kappa shape index (κ3) is 6.60. The first kappa shape index (κ1) is 15.2. The zero-order valence-corrected chi connectivity index (χ0v) is 11.5. The Bertz CT molecular complexity index is 286. The van der Waals surface area contributed by atoms with Crippen molar-refractivity contribution in [2.24, 2.45) is 5.41 Å². The third-order valence-corrected chi connectivity index (χ3v) is 2.93. The number of carbonyl (C=O) groups excluding carboxylic acids is 1. The molecule has 92 valence electrons. The molecule has 0 aliphatic carbocycles. The topological polar surface area (TPSA) is 17.1 Å². The average Bonchev–Trinajstić information content (AvgIpc) is 2.13. The minimum absolute atomic E-state index is 0.00484. The van der Waals surface area contributed by atoms with Gasteiger partial charge >= 0.3 is 0 Å². The molecule has 0 radical (unpaired) electrons. The summed E-state index contributed by atoms with van der Waals surface area (Å²) in [5.74, 6) is 0.268. The Hall–Kier alpha value is -0.850. The van der Waals surface area contributed by atoms with Crippen LogP contribution in [0.25, 0.3) is 0 Å². The van der Waals surface area contributed by atoms with Gasteiger partial charge in [0.15, 0.2) is 0 Å². The Labute approximate surface area is 101 Å². The summed E-state index contributed by atoms with van der Waals surface area (Å²) in [5.41, 5.74) is 2.56. The quantitative estimate of drug-likeness (QED) is 0.571. The van der Waals surface area contributed by atoms with Gasteiger partial charge in [0.05, 0.1) is 0 Å². The molecule has 0 spiro atoms. The fraction of sp³-hybridized carbons (Fsp3) is 0.667. The molecule has 0 aliphatic heterocycles. The number of hydrogen-bond donors (Lipinski definition) is 0. The van der Waals surface area contributed by atoms with Crippen molar-refractivity contribution in [3.63, 3.8) is 0 Å². The minimum atomic E-state index is 0.00484. The Morgan fingerprint density at radius 2 is 1.88 bits per heavy atom. The summed E-state index contributed by atoms with van der Waals surface area (Å²) in [7, 11) is 0. The van der Waals surface area contributed by atoms with Crippen LogP contribution in [0.4, 0.5) is 0 Å². The lowest BCUT2D eigenvalue weighted by Gasteiger charge is -2.26. The number of ketones is 1. The molecule has 0 saturated heterocycles. The van der Waals surface area contributed by atoms with E-state index in [1.54, 1.807) is 6.92 Å². The molecule has 0 heterocycles. The number of rotatable bonds is 7. The van der Waals surface area contributed by atoms with Crippen molar-refractivity contribution in [1.82, 2.24) is 0 Å². The number of carbonyl (C=O) groups is 1. The molecule has 0 aliphatic rings. The van der Waals surface area contributed by atoms with Gasteiger partial charge in [-0.3, -0.25) is 4.79 Å². The van der Waals surface area contributed by atoms with Gasteiger partial charge in [-0.2, -0.15) is 0 Å². The Morgan fingerprint density at radius 1 is 1.31 bits per heavy atom. The van der Waals surface area contributed by atoms with Crippen LogP contribution in [-0.4, -0.2) is 5.78 Å². The van der Waals surface area contributed by atoms with Gasteiger partial charge in [-0.1, -0.05) is 31.1 Å². The molecule has 1 nitrogen and oxygen atoms in total. The Balaban J connectivity index is 4.73. The molecule has 0 aromatic heterocycles. The van der Waals surface area contributed by atoms with Gasteiger partial charge in [0, 0.05) is 6.42 Å². The summed E-state index contributed by atoms with van der Waals surface area (Å²) in [5, 5.41) is 0. The van der Waals surface area contributed by atoms with Crippen molar-refractivity contribution in [1.29, 1.82) is 0 Å². The zero-order valence-electron chi connectivity index (χ0n) is 11.5. The van der Waals surface area contributed by atoms with Crippen molar-refractivity contribution >= 4 is 5.78 Å². The van der Waals surface area contributed by atoms with Crippen molar-refractivity contribution < 1.29 is 4.79 Å². The summed E-state index contributed by atoms with van der Waals surface area (Å²) in [6, 6.07) is 0. The van der Waals surface area contributed by atoms with E-state index in [9.17, 15) is 4.79 Å². The predicted octanol–water partition coefficient (Wildman–Crippen LogP) is 4.68. The molecule has 0 N–H and O–H groups in total. The highest BCUT2D eigenvalue weighted by Gasteiger charge is 2.23. The summed E-state index contributed by atoms with van der Waals surface area (Å²) < 4.78 is 0. The first-order valence-corrected chi connectivity index (χ1v) is 6.11. The van der Waals surface area contributed by atoms with E-state index in [0.29, 0.717) is 6.42 Å². The fourth-order valence-corrected chi connectivity index (χ4v) is 1.98. The summed E-state index contributed by atoms with van der Waals surface area (Å²) in [4.78, 5) is 11.3. The standard InChI is InChI=1S/C15H26O/c1-7-13(4)10-15(6,11-14(5)16)9-8-12(2)3/h10H,2,7-9,11H2,1,3-6H3. The van der Waals surface area contributed by atoms with E-state index in [4.69, 9.17) is 0 Å². The third-order valence-electron chi connectivity index (χ3n) is 2.93. The smallest absolute Gasteiger partial charge is 0.130 e. The normalized spacial score (nSPS) is 15.7. The van der Waals surface area contributed by atoms with Crippen molar-refractivity contribution in [3.05, 3.63) is 23.8 Å². The second-order valence-electron chi connectivity index (χ2n) is 5.33. The van der Waals surface area contributed by atoms with Gasteiger partial charge in [-0.05, 0) is 45.4 Å². The van der Waals surface area contributed by atoms with Crippen LogP contribution >= 0.6 is 0 Å². The highest BCUT2D eigenvalue weighted by Crippen LogP contribution is 2.32. The lowest BCUT2D eigenvalue weighted by atomic mass is 9.78. The van der Waals surface area contributed by atoms with Gasteiger partial charge in [-0.15, -0.1) is 6.58 Å². The highest BCUT2D eigenvalue weighted by atomic mass is 16.1. The number of Topliss-reactive ketones (excluding diaryl/α,β-unsaturated/α-hetero) is 1.